The second-order valence-electron chi connectivity index (χ2n) is 5.42. The molecular weight excluding hydrogens is 300 g/mol. The molecule has 0 spiro atoms. The van der Waals surface area contributed by atoms with Gasteiger partial charge < -0.3 is 10.6 Å². The lowest BCUT2D eigenvalue weighted by Gasteiger charge is -2.22. The molecule has 0 saturated carbocycles. The maximum atomic E-state index is 13.8. The van der Waals surface area contributed by atoms with Crippen molar-refractivity contribution in [3.05, 3.63) is 35.1 Å². The predicted octanol–water partition coefficient (Wildman–Crippen LogP) is 2.96. The molecule has 2 rings (SSSR count). The standard InChI is InChI=1S/C15H18F4N2O/c16-13-11(4-1-5-12(13)15(17,18)19)14(22)21-8-6-10-3-2-7-20-9-10/h1,4-5,10,20H,2-3,6-9H2,(H,21,22)/t10-/m0/s1. The summed E-state index contributed by atoms with van der Waals surface area (Å²) in [6, 6.07) is 2.72. The summed E-state index contributed by atoms with van der Waals surface area (Å²) in [5.41, 5.74) is -1.99. The molecule has 1 aliphatic heterocycles. The van der Waals surface area contributed by atoms with Gasteiger partial charge in [0.1, 0.15) is 5.82 Å². The monoisotopic (exact) mass is 318 g/mol. The van der Waals surface area contributed by atoms with E-state index in [2.05, 4.69) is 10.6 Å². The minimum Gasteiger partial charge on any atom is -0.352 e. The van der Waals surface area contributed by atoms with Gasteiger partial charge in [0.25, 0.3) is 5.91 Å². The average Bonchev–Trinajstić information content (AvgIpc) is 2.47. The molecule has 7 heteroatoms. The number of carbonyl (C=O) groups excluding carboxylic acids is 1. The first-order chi connectivity index (χ1) is 10.4. The Morgan fingerprint density at radius 1 is 1.36 bits per heavy atom. The number of alkyl halides is 3. The minimum atomic E-state index is -4.81. The van der Waals surface area contributed by atoms with E-state index in [1.807, 2.05) is 0 Å². The number of benzene rings is 1. The number of hydrogen-bond acceptors (Lipinski definition) is 2. The lowest BCUT2D eigenvalue weighted by atomic mass is 9.96. The van der Waals surface area contributed by atoms with E-state index in [0.717, 1.165) is 44.5 Å². The topological polar surface area (TPSA) is 41.1 Å². The maximum Gasteiger partial charge on any atom is 0.419 e. The Morgan fingerprint density at radius 2 is 2.14 bits per heavy atom. The summed E-state index contributed by atoms with van der Waals surface area (Å²) in [6.07, 6.45) is -1.96. The number of hydrogen-bond donors (Lipinski definition) is 2. The first-order valence-electron chi connectivity index (χ1n) is 7.24. The SMILES string of the molecule is O=C(NCC[C@@H]1CCCNC1)c1cccc(C(F)(F)F)c1F. The number of rotatable bonds is 4. The van der Waals surface area contributed by atoms with Crippen LogP contribution in [-0.2, 0) is 6.18 Å². The van der Waals surface area contributed by atoms with Gasteiger partial charge in [0.2, 0.25) is 0 Å². The quantitative estimate of drug-likeness (QED) is 0.838. The van der Waals surface area contributed by atoms with Crippen LogP contribution in [0.2, 0.25) is 0 Å². The second kappa shape index (κ2) is 7.09. The van der Waals surface area contributed by atoms with Gasteiger partial charge in [-0.3, -0.25) is 4.79 Å². The molecule has 1 aromatic carbocycles. The molecule has 1 saturated heterocycles. The van der Waals surface area contributed by atoms with Crippen LogP contribution < -0.4 is 10.6 Å². The first kappa shape index (κ1) is 16.7. The molecule has 3 nitrogen and oxygen atoms in total. The molecular formula is C15H18F4N2O. The van der Waals surface area contributed by atoms with Crippen molar-refractivity contribution in [1.29, 1.82) is 0 Å². The fourth-order valence-electron chi connectivity index (χ4n) is 2.58. The van der Waals surface area contributed by atoms with E-state index in [-0.39, 0.29) is 0 Å². The van der Waals surface area contributed by atoms with E-state index in [1.165, 1.54) is 0 Å². The molecule has 2 N–H and O–H groups in total. The summed E-state index contributed by atoms with van der Waals surface area (Å²) in [5, 5.41) is 5.73. The smallest absolute Gasteiger partial charge is 0.352 e. The number of piperidine rings is 1. The van der Waals surface area contributed by atoms with E-state index in [9.17, 15) is 22.4 Å². The molecule has 1 aliphatic rings. The van der Waals surface area contributed by atoms with Crippen molar-refractivity contribution >= 4 is 5.91 Å². The van der Waals surface area contributed by atoms with E-state index >= 15 is 0 Å². The van der Waals surface area contributed by atoms with E-state index in [1.54, 1.807) is 0 Å². The number of carbonyl (C=O) groups is 1. The Kier molecular flexibility index (Phi) is 5.39. The molecule has 0 unspecified atom stereocenters. The maximum absolute atomic E-state index is 13.8. The van der Waals surface area contributed by atoms with Gasteiger partial charge in [-0.2, -0.15) is 13.2 Å². The molecule has 1 fully saturated rings. The van der Waals surface area contributed by atoms with Crippen LogP contribution in [0.5, 0.6) is 0 Å². The summed E-state index contributed by atoms with van der Waals surface area (Å²) >= 11 is 0. The third-order valence-electron chi connectivity index (χ3n) is 3.79. The Hall–Kier alpha value is -1.63. The summed E-state index contributed by atoms with van der Waals surface area (Å²) in [5.74, 6) is -1.90. The normalized spacial score (nSPS) is 19.0. The highest BCUT2D eigenvalue weighted by molar-refractivity contribution is 5.94. The van der Waals surface area contributed by atoms with Gasteiger partial charge in [-0.1, -0.05) is 6.07 Å². The van der Waals surface area contributed by atoms with E-state index in [4.69, 9.17) is 0 Å². The van der Waals surface area contributed by atoms with Crippen LogP contribution in [-0.4, -0.2) is 25.5 Å². The lowest BCUT2D eigenvalue weighted by molar-refractivity contribution is -0.140. The van der Waals surface area contributed by atoms with E-state index in [0.29, 0.717) is 18.5 Å². The van der Waals surface area contributed by atoms with Crippen LogP contribution in [0.4, 0.5) is 17.6 Å². The molecule has 0 bridgehead atoms. The van der Waals surface area contributed by atoms with Crippen molar-refractivity contribution < 1.29 is 22.4 Å². The number of nitrogens with one attached hydrogen (secondary N) is 2. The second-order valence-corrected chi connectivity index (χ2v) is 5.42. The molecule has 0 aliphatic carbocycles. The largest absolute Gasteiger partial charge is 0.419 e. The Labute approximate surface area is 126 Å². The van der Waals surface area contributed by atoms with Crippen molar-refractivity contribution in [3.63, 3.8) is 0 Å². The highest BCUT2D eigenvalue weighted by atomic mass is 19.4. The van der Waals surface area contributed by atoms with Crippen LogP contribution in [0.25, 0.3) is 0 Å². The Balaban J connectivity index is 1.95. The number of halogens is 4. The van der Waals surface area contributed by atoms with Gasteiger partial charge in [-0.15, -0.1) is 0 Å². The molecule has 1 atom stereocenters. The van der Waals surface area contributed by atoms with Crippen molar-refractivity contribution in [1.82, 2.24) is 10.6 Å². The van der Waals surface area contributed by atoms with Crippen molar-refractivity contribution in [3.8, 4) is 0 Å². The zero-order chi connectivity index (χ0) is 16.2. The Bertz CT molecular complexity index is 525. The third-order valence-corrected chi connectivity index (χ3v) is 3.79. The molecule has 1 amide bonds. The van der Waals surface area contributed by atoms with Crippen LogP contribution in [0.1, 0.15) is 35.2 Å². The van der Waals surface area contributed by atoms with Crippen LogP contribution in [0, 0.1) is 11.7 Å². The predicted molar refractivity (Wildman–Crippen MR) is 73.9 cm³/mol. The summed E-state index contributed by atoms with van der Waals surface area (Å²) in [4.78, 5) is 11.9. The van der Waals surface area contributed by atoms with Gasteiger partial charge in [-0.25, -0.2) is 4.39 Å². The minimum absolute atomic E-state index is 0.320. The highest BCUT2D eigenvalue weighted by Crippen LogP contribution is 2.32. The molecule has 0 radical (unpaired) electrons. The Morgan fingerprint density at radius 3 is 2.77 bits per heavy atom. The average molecular weight is 318 g/mol. The van der Waals surface area contributed by atoms with Crippen molar-refractivity contribution in [2.45, 2.75) is 25.4 Å². The van der Waals surface area contributed by atoms with Crippen molar-refractivity contribution in [2.24, 2.45) is 5.92 Å². The highest BCUT2D eigenvalue weighted by Gasteiger charge is 2.35. The molecule has 122 valence electrons. The van der Waals surface area contributed by atoms with Crippen LogP contribution in [0.3, 0.4) is 0 Å². The summed E-state index contributed by atoms with van der Waals surface area (Å²) in [7, 11) is 0. The first-order valence-corrected chi connectivity index (χ1v) is 7.24. The zero-order valence-electron chi connectivity index (χ0n) is 12.0. The number of amides is 1. The molecule has 22 heavy (non-hydrogen) atoms. The summed E-state index contributed by atoms with van der Waals surface area (Å²) in [6.45, 7) is 2.17. The van der Waals surface area contributed by atoms with Crippen molar-refractivity contribution in [2.75, 3.05) is 19.6 Å². The van der Waals surface area contributed by atoms with Gasteiger partial charge in [-0.05, 0) is 50.4 Å². The molecule has 1 aromatic rings. The fraction of sp³-hybridized carbons (Fsp3) is 0.533. The summed E-state index contributed by atoms with van der Waals surface area (Å²) < 4.78 is 51.6. The van der Waals surface area contributed by atoms with Gasteiger partial charge in [0, 0.05) is 6.54 Å². The van der Waals surface area contributed by atoms with Crippen LogP contribution >= 0.6 is 0 Å². The molecule has 0 aromatic heterocycles. The zero-order valence-corrected chi connectivity index (χ0v) is 12.0. The third kappa shape index (κ3) is 4.19. The lowest BCUT2D eigenvalue weighted by Crippen LogP contribution is -2.33. The fourth-order valence-corrected chi connectivity index (χ4v) is 2.58. The van der Waals surface area contributed by atoms with Crippen LogP contribution in [0.15, 0.2) is 18.2 Å². The van der Waals surface area contributed by atoms with E-state index < -0.39 is 29.0 Å². The molecule has 1 heterocycles. The van der Waals surface area contributed by atoms with Gasteiger partial charge in [0.15, 0.2) is 0 Å². The van der Waals surface area contributed by atoms with Gasteiger partial charge in [0.05, 0.1) is 11.1 Å². The van der Waals surface area contributed by atoms with Gasteiger partial charge >= 0.3 is 6.18 Å².